The molecule has 30 heavy (non-hydrogen) atoms. The lowest BCUT2D eigenvalue weighted by atomic mass is 10.0. The summed E-state index contributed by atoms with van der Waals surface area (Å²) < 4.78 is 6.98. The molecule has 0 spiro atoms. The van der Waals surface area contributed by atoms with E-state index in [-0.39, 0.29) is 29.9 Å². The van der Waals surface area contributed by atoms with Crippen molar-refractivity contribution in [3.63, 3.8) is 0 Å². The number of amides is 2. The number of hydrogen-bond donors (Lipinski definition) is 2. The first-order valence-corrected chi connectivity index (χ1v) is 10.4. The number of carbonyl (C=O) groups excluding carboxylic acids is 2. The number of anilines is 1. The van der Waals surface area contributed by atoms with Crippen molar-refractivity contribution < 1.29 is 14.3 Å². The monoisotopic (exact) mass is 413 g/mol. The van der Waals surface area contributed by atoms with Gasteiger partial charge in [-0.15, -0.1) is 0 Å². The van der Waals surface area contributed by atoms with Crippen LogP contribution in [-0.4, -0.2) is 58.8 Å². The highest BCUT2D eigenvalue weighted by molar-refractivity contribution is 5.95. The molecule has 1 aliphatic heterocycles. The lowest BCUT2D eigenvalue weighted by Crippen LogP contribution is -2.50. The Hall–Kier alpha value is -2.87. The first-order chi connectivity index (χ1) is 14.4. The van der Waals surface area contributed by atoms with Crippen LogP contribution in [-0.2, 0) is 4.79 Å². The average Bonchev–Trinajstić information content (AvgIpc) is 3.22. The summed E-state index contributed by atoms with van der Waals surface area (Å²) in [4.78, 5) is 27.4. The number of hydrogen-bond acceptors (Lipinski definition) is 5. The Morgan fingerprint density at radius 3 is 2.57 bits per heavy atom. The Morgan fingerprint density at radius 2 is 1.90 bits per heavy atom. The molecule has 8 nitrogen and oxygen atoms in total. The van der Waals surface area contributed by atoms with Crippen LogP contribution in [0.2, 0.25) is 0 Å². The minimum Gasteiger partial charge on any atom is -0.497 e. The predicted octanol–water partition coefficient (Wildman–Crippen LogP) is 2.69. The summed E-state index contributed by atoms with van der Waals surface area (Å²) in [7, 11) is 1.58. The summed E-state index contributed by atoms with van der Waals surface area (Å²) >= 11 is 0. The van der Waals surface area contributed by atoms with Gasteiger partial charge in [-0.3, -0.25) is 14.5 Å². The fraction of sp³-hybridized carbons (Fsp3) is 0.500. The summed E-state index contributed by atoms with van der Waals surface area (Å²) in [5, 5.41) is 10.3. The molecule has 0 saturated carbocycles. The van der Waals surface area contributed by atoms with E-state index in [0.29, 0.717) is 17.1 Å². The molecule has 0 radical (unpaired) electrons. The third-order valence-electron chi connectivity index (χ3n) is 5.53. The third-order valence-corrected chi connectivity index (χ3v) is 5.53. The molecule has 162 valence electrons. The van der Waals surface area contributed by atoms with Gasteiger partial charge < -0.3 is 15.4 Å². The van der Waals surface area contributed by atoms with Gasteiger partial charge in [-0.1, -0.05) is 6.07 Å². The number of rotatable bonds is 7. The maximum absolute atomic E-state index is 12.7. The zero-order chi connectivity index (χ0) is 21.7. The van der Waals surface area contributed by atoms with Crippen molar-refractivity contribution in [2.45, 2.75) is 51.7 Å². The molecule has 1 aromatic carbocycles. The normalized spacial score (nSPS) is 16.3. The van der Waals surface area contributed by atoms with Crippen LogP contribution in [0.4, 0.5) is 5.82 Å². The van der Waals surface area contributed by atoms with Crippen LogP contribution in [0.3, 0.4) is 0 Å². The molecule has 8 heteroatoms. The number of nitrogens with zero attached hydrogens (tertiary/aromatic N) is 3. The van der Waals surface area contributed by atoms with Crippen LogP contribution in [0.15, 0.2) is 36.5 Å². The molecule has 1 fully saturated rings. The molecule has 1 aromatic heterocycles. The lowest BCUT2D eigenvalue weighted by molar-refractivity contribution is -0.121. The molecular formula is C22H31N5O3. The summed E-state index contributed by atoms with van der Waals surface area (Å²) in [5.74, 6) is 1.23. The fourth-order valence-electron chi connectivity index (χ4n) is 3.69. The lowest BCUT2D eigenvalue weighted by Gasteiger charge is -2.35. The second-order valence-corrected chi connectivity index (χ2v) is 7.94. The quantitative estimate of drug-likeness (QED) is 0.729. The smallest absolute Gasteiger partial charge is 0.251 e. The van der Waals surface area contributed by atoms with Crippen molar-refractivity contribution >= 4 is 17.6 Å². The topological polar surface area (TPSA) is 88.5 Å². The van der Waals surface area contributed by atoms with Gasteiger partial charge in [0.15, 0.2) is 0 Å². The van der Waals surface area contributed by atoms with Crippen molar-refractivity contribution in [2.75, 3.05) is 25.5 Å². The van der Waals surface area contributed by atoms with E-state index in [1.54, 1.807) is 30.1 Å². The van der Waals surface area contributed by atoms with Crippen LogP contribution >= 0.6 is 0 Å². The number of likely N-dealkylation sites (tertiary alicyclic amines) is 1. The highest BCUT2D eigenvalue weighted by atomic mass is 16.5. The van der Waals surface area contributed by atoms with E-state index >= 15 is 0 Å². The Bertz CT molecular complexity index is 871. The molecule has 0 bridgehead atoms. The van der Waals surface area contributed by atoms with Crippen LogP contribution in [0, 0.1) is 0 Å². The van der Waals surface area contributed by atoms with E-state index in [2.05, 4.69) is 20.6 Å². The molecule has 1 saturated heterocycles. The van der Waals surface area contributed by atoms with Gasteiger partial charge in [0.2, 0.25) is 5.91 Å². The first-order valence-electron chi connectivity index (χ1n) is 10.4. The Morgan fingerprint density at radius 1 is 1.17 bits per heavy atom. The van der Waals surface area contributed by atoms with E-state index in [0.717, 1.165) is 25.9 Å². The highest BCUT2D eigenvalue weighted by Gasteiger charge is 2.28. The average molecular weight is 414 g/mol. The van der Waals surface area contributed by atoms with Crippen molar-refractivity contribution in [2.24, 2.45) is 0 Å². The van der Waals surface area contributed by atoms with E-state index in [1.807, 2.05) is 39.0 Å². The number of methoxy groups -OCH3 is 1. The Kier molecular flexibility index (Phi) is 7.10. The summed E-state index contributed by atoms with van der Waals surface area (Å²) in [6.07, 6.45) is 3.30. The number of carbonyl (C=O) groups is 2. The number of aromatic nitrogens is 2. The van der Waals surface area contributed by atoms with E-state index < -0.39 is 0 Å². The van der Waals surface area contributed by atoms with E-state index in [9.17, 15) is 9.59 Å². The zero-order valence-corrected chi connectivity index (χ0v) is 18.1. The SMILES string of the molecule is COc1cccc(C(=O)NC2CCN([C@@H](C)C(=O)Nc3ccnn3C(C)C)CC2)c1. The number of benzene rings is 1. The van der Waals surface area contributed by atoms with E-state index in [1.165, 1.54) is 0 Å². The van der Waals surface area contributed by atoms with Gasteiger partial charge in [0, 0.05) is 36.8 Å². The molecule has 2 heterocycles. The molecule has 2 amide bonds. The van der Waals surface area contributed by atoms with Gasteiger partial charge in [0.1, 0.15) is 11.6 Å². The Labute approximate surface area is 177 Å². The van der Waals surface area contributed by atoms with Crippen molar-refractivity contribution in [3.8, 4) is 5.75 Å². The number of piperidine rings is 1. The van der Waals surface area contributed by atoms with Gasteiger partial charge in [0.05, 0.1) is 19.3 Å². The second kappa shape index (κ2) is 9.75. The first kappa shape index (κ1) is 21.8. The van der Waals surface area contributed by atoms with Gasteiger partial charge in [-0.2, -0.15) is 5.10 Å². The molecule has 2 aromatic rings. The van der Waals surface area contributed by atoms with Crippen molar-refractivity contribution in [1.29, 1.82) is 0 Å². The molecule has 2 N–H and O–H groups in total. The van der Waals surface area contributed by atoms with Crippen molar-refractivity contribution in [1.82, 2.24) is 20.0 Å². The summed E-state index contributed by atoms with van der Waals surface area (Å²) in [6, 6.07) is 8.96. The van der Waals surface area contributed by atoms with Gasteiger partial charge in [0.25, 0.3) is 5.91 Å². The van der Waals surface area contributed by atoms with Crippen LogP contribution in [0.1, 0.15) is 50.0 Å². The molecule has 1 aliphatic rings. The maximum atomic E-state index is 12.7. The summed E-state index contributed by atoms with van der Waals surface area (Å²) in [6.45, 7) is 7.47. The zero-order valence-electron chi connectivity index (χ0n) is 18.1. The third kappa shape index (κ3) is 5.18. The van der Waals surface area contributed by atoms with Gasteiger partial charge >= 0.3 is 0 Å². The number of nitrogens with one attached hydrogen (secondary N) is 2. The van der Waals surface area contributed by atoms with Gasteiger partial charge in [-0.05, 0) is 51.8 Å². The molecular weight excluding hydrogens is 382 g/mol. The highest BCUT2D eigenvalue weighted by Crippen LogP contribution is 2.18. The minimum absolute atomic E-state index is 0.0451. The standard InChI is InChI=1S/C22H31N5O3/c1-15(2)27-20(8-11-23-27)25-21(28)16(3)26-12-9-18(10-13-26)24-22(29)17-6-5-7-19(14-17)30-4/h5-8,11,14-16,18H,9-10,12-13H2,1-4H3,(H,24,29)(H,25,28)/t16-/m0/s1. The number of ether oxygens (including phenoxy) is 1. The molecule has 0 unspecified atom stereocenters. The van der Waals surface area contributed by atoms with E-state index in [4.69, 9.17) is 4.74 Å². The second-order valence-electron chi connectivity index (χ2n) is 7.94. The van der Waals surface area contributed by atoms with Gasteiger partial charge in [-0.25, -0.2) is 4.68 Å². The molecule has 0 aliphatic carbocycles. The fourth-order valence-corrected chi connectivity index (χ4v) is 3.69. The van der Waals surface area contributed by atoms with Crippen LogP contribution < -0.4 is 15.4 Å². The van der Waals surface area contributed by atoms with Crippen molar-refractivity contribution in [3.05, 3.63) is 42.1 Å². The predicted molar refractivity (Wildman–Crippen MR) is 116 cm³/mol. The summed E-state index contributed by atoms with van der Waals surface area (Å²) in [5.41, 5.74) is 0.589. The molecule has 3 rings (SSSR count). The van der Waals surface area contributed by atoms with Crippen LogP contribution in [0.5, 0.6) is 5.75 Å². The van der Waals surface area contributed by atoms with Crippen LogP contribution in [0.25, 0.3) is 0 Å². The Balaban J connectivity index is 1.50. The largest absolute Gasteiger partial charge is 0.497 e. The maximum Gasteiger partial charge on any atom is 0.251 e. The molecule has 1 atom stereocenters. The minimum atomic E-state index is -0.254.